The Hall–Kier alpha value is -1.47. The molecule has 6 nitrogen and oxygen atoms in total. The maximum Gasteiger partial charge on any atom is 0.221 e. The highest BCUT2D eigenvalue weighted by Crippen LogP contribution is 2.17. The summed E-state index contributed by atoms with van der Waals surface area (Å²) in [6.45, 7) is 14.1. The fraction of sp³-hybridized carbons (Fsp3) is 0.741. The van der Waals surface area contributed by atoms with Crippen LogP contribution in [0.3, 0.4) is 0 Å². The van der Waals surface area contributed by atoms with E-state index in [1.165, 1.54) is 37.1 Å². The Morgan fingerprint density at radius 3 is 2.15 bits per heavy atom. The van der Waals surface area contributed by atoms with Crippen LogP contribution in [-0.2, 0) is 17.9 Å². The molecule has 2 fully saturated rings. The van der Waals surface area contributed by atoms with Crippen molar-refractivity contribution in [3.63, 3.8) is 0 Å². The molecule has 2 saturated heterocycles. The second kappa shape index (κ2) is 13.4. The molecule has 186 valence electrons. The molecule has 0 aliphatic carbocycles. The molecule has 1 aromatic carbocycles. The highest BCUT2D eigenvalue weighted by Gasteiger charge is 2.29. The van der Waals surface area contributed by atoms with E-state index < -0.39 is 6.23 Å². The minimum absolute atomic E-state index is 0.0444. The van der Waals surface area contributed by atoms with Crippen molar-refractivity contribution < 1.29 is 9.90 Å². The number of carbonyl (C=O) groups is 1. The third-order valence-corrected chi connectivity index (χ3v) is 7.00. The standard InChI is InChI=1S/C27H46N4O2/c1-4-5-15-31-18-17-30(16-12-26(32)28-25(27(31)33)19-22(2)3)21-24-10-8-23(9-11-24)20-29-13-6-7-14-29/h8-11,22,25,27,33H,4-7,12-21H2,1-3H3,(H,28,32)/t25-,27?/m0/s1. The Kier molecular flexibility index (Phi) is 10.6. The Bertz CT molecular complexity index is 703. The quantitative estimate of drug-likeness (QED) is 0.594. The highest BCUT2D eigenvalue weighted by atomic mass is 16.3. The van der Waals surface area contributed by atoms with Gasteiger partial charge in [0.2, 0.25) is 5.91 Å². The van der Waals surface area contributed by atoms with Gasteiger partial charge in [0.1, 0.15) is 6.23 Å². The Morgan fingerprint density at radius 1 is 0.970 bits per heavy atom. The van der Waals surface area contributed by atoms with Gasteiger partial charge in [-0.2, -0.15) is 0 Å². The number of nitrogens with zero attached hydrogens (tertiary/aromatic N) is 3. The minimum atomic E-state index is -0.632. The van der Waals surface area contributed by atoms with Crippen molar-refractivity contribution in [2.45, 2.75) is 84.7 Å². The molecule has 0 bridgehead atoms. The molecule has 6 heteroatoms. The predicted octanol–water partition coefficient (Wildman–Crippen LogP) is 3.44. The van der Waals surface area contributed by atoms with Gasteiger partial charge in [0.05, 0.1) is 6.04 Å². The van der Waals surface area contributed by atoms with Gasteiger partial charge in [-0.25, -0.2) is 0 Å². The van der Waals surface area contributed by atoms with Crippen LogP contribution in [0.15, 0.2) is 24.3 Å². The molecular weight excluding hydrogens is 412 g/mol. The van der Waals surface area contributed by atoms with Crippen LogP contribution in [0.2, 0.25) is 0 Å². The van der Waals surface area contributed by atoms with Crippen LogP contribution in [0, 0.1) is 5.92 Å². The van der Waals surface area contributed by atoms with Gasteiger partial charge in [-0.15, -0.1) is 0 Å². The number of carbonyl (C=O) groups excluding carboxylic acids is 1. The maximum atomic E-state index is 12.7. The lowest BCUT2D eigenvalue weighted by molar-refractivity contribution is -0.126. The summed E-state index contributed by atoms with van der Waals surface area (Å²) in [7, 11) is 0. The van der Waals surface area contributed by atoms with Crippen LogP contribution < -0.4 is 5.32 Å². The summed E-state index contributed by atoms with van der Waals surface area (Å²) in [5, 5.41) is 14.3. The summed E-state index contributed by atoms with van der Waals surface area (Å²) in [4.78, 5) is 19.8. The van der Waals surface area contributed by atoms with Gasteiger partial charge in [-0.1, -0.05) is 51.5 Å². The van der Waals surface area contributed by atoms with E-state index in [0.717, 1.165) is 58.5 Å². The van der Waals surface area contributed by atoms with Crippen LogP contribution in [0.1, 0.15) is 70.4 Å². The van der Waals surface area contributed by atoms with Crippen molar-refractivity contribution in [3.05, 3.63) is 35.4 Å². The van der Waals surface area contributed by atoms with Crippen molar-refractivity contribution in [2.24, 2.45) is 5.92 Å². The molecule has 2 aliphatic rings. The van der Waals surface area contributed by atoms with E-state index in [-0.39, 0.29) is 11.9 Å². The van der Waals surface area contributed by atoms with Gasteiger partial charge in [0, 0.05) is 45.7 Å². The smallest absolute Gasteiger partial charge is 0.221 e. The Morgan fingerprint density at radius 2 is 1.58 bits per heavy atom. The number of unbranched alkanes of at least 4 members (excludes halogenated alkanes) is 1. The number of rotatable bonds is 9. The fourth-order valence-electron chi connectivity index (χ4n) is 5.04. The average molecular weight is 459 g/mol. The van der Waals surface area contributed by atoms with Crippen LogP contribution >= 0.6 is 0 Å². The largest absolute Gasteiger partial charge is 0.376 e. The molecule has 0 radical (unpaired) electrons. The summed E-state index contributed by atoms with van der Waals surface area (Å²) >= 11 is 0. The molecular formula is C27H46N4O2. The highest BCUT2D eigenvalue weighted by molar-refractivity contribution is 5.76. The number of nitrogens with one attached hydrogen (secondary N) is 1. The topological polar surface area (TPSA) is 59.0 Å². The Balaban J connectivity index is 1.62. The van der Waals surface area contributed by atoms with Crippen LogP contribution in [0.25, 0.3) is 0 Å². The molecule has 2 aliphatic heterocycles. The molecule has 0 spiro atoms. The zero-order valence-corrected chi connectivity index (χ0v) is 21.1. The zero-order chi connectivity index (χ0) is 23.6. The first-order valence-corrected chi connectivity index (χ1v) is 13.2. The number of benzene rings is 1. The second-order valence-electron chi connectivity index (χ2n) is 10.4. The molecule has 0 aromatic heterocycles. The predicted molar refractivity (Wildman–Crippen MR) is 135 cm³/mol. The van der Waals surface area contributed by atoms with Gasteiger partial charge >= 0.3 is 0 Å². The summed E-state index contributed by atoms with van der Waals surface area (Å²) in [5.74, 6) is 0.467. The average Bonchev–Trinajstić information content (AvgIpc) is 3.30. The second-order valence-corrected chi connectivity index (χ2v) is 10.4. The van der Waals surface area contributed by atoms with Gasteiger partial charge in [0.15, 0.2) is 0 Å². The summed E-state index contributed by atoms with van der Waals surface area (Å²) < 4.78 is 0. The lowest BCUT2D eigenvalue weighted by atomic mass is 10.0. The van der Waals surface area contributed by atoms with Crippen LogP contribution in [-0.4, -0.2) is 77.3 Å². The third kappa shape index (κ3) is 8.67. The van der Waals surface area contributed by atoms with Crippen molar-refractivity contribution in [3.8, 4) is 0 Å². The molecule has 1 amide bonds. The first-order valence-electron chi connectivity index (χ1n) is 13.2. The summed E-state index contributed by atoms with van der Waals surface area (Å²) in [6.07, 6.45) is 5.43. The monoisotopic (exact) mass is 458 g/mol. The minimum Gasteiger partial charge on any atom is -0.376 e. The first-order chi connectivity index (χ1) is 15.9. The SMILES string of the molecule is CCCCN1CCN(Cc2ccc(CN3CCCC3)cc2)CCC(=O)N[C@@H](CC(C)C)C1O. The number of amides is 1. The molecule has 2 heterocycles. The van der Waals surface area contributed by atoms with Gasteiger partial charge in [-0.05, 0) is 55.8 Å². The van der Waals surface area contributed by atoms with E-state index >= 15 is 0 Å². The normalized spacial score (nSPS) is 24.3. The molecule has 2 atom stereocenters. The van der Waals surface area contributed by atoms with E-state index in [1.807, 2.05) is 0 Å². The molecule has 33 heavy (non-hydrogen) atoms. The van der Waals surface area contributed by atoms with Crippen molar-refractivity contribution in [2.75, 3.05) is 39.3 Å². The van der Waals surface area contributed by atoms with E-state index in [4.69, 9.17) is 0 Å². The summed E-state index contributed by atoms with van der Waals surface area (Å²) in [5.41, 5.74) is 2.67. The fourth-order valence-corrected chi connectivity index (χ4v) is 5.04. The van der Waals surface area contributed by atoms with Crippen LogP contribution in [0.4, 0.5) is 0 Å². The number of aliphatic hydroxyl groups excluding tert-OH is 1. The molecule has 3 rings (SSSR count). The maximum absolute atomic E-state index is 12.7. The van der Waals surface area contributed by atoms with Gasteiger partial charge in [-0.3, -0.25) is 19.5 Å². The van der Waals surface area contributed by atoms with Crippen LogP contribution in [0.5, 0.6) is 0 Å². The molecule has 1 aromatic rings. The zero-order valence-electron chi connectivity index (χ0n) is 21.1. The first kappa shape index (κ1) is 26.1. The van der Waals surface area contributed by atoms with Crippen molar-refractivity contribution in [1.29, 1.82) is 0 Å². The lowest BCUT2D eigenvalue weighted by Crippen LogP contribution is -2.55. The molecule has 1 unspecified atom stereocenters. The molecule has 2 N–H and O–H groups in total. The van der Waals surface area contributed by atoms with Gasteiger partial charge < -0.3 is 10.4 Å². The van der Waals surface area contributed by atoms with E-state index in [1.54, 1.807) is 0 Å². The summed E-state index contributed by atoms with van der Waals surface area (Å²) in [6, 6.07) is 8.80. The van der Waals surface area contributed by atoms with Crippen molar-refractivity contribution >= 4 is 5.91 Å². The van der Waals surface area contributed by atoms with E-state index in [2.05, 4.69) is 65.1 Å². The lowest BCUT2D eigenvalue weighted by Gasteiger charge is -2.37. The third-order valence-electron chi connectivity index (χ3n) is 7.00. The van der Waals surface area contributed by atoms with E-state index in [9.17, 15) is 9.90 Å². The van der Waals surface area contributed by atoms with Crippen molar-refractivity contribution in [1.82, 2.24) is 20.0 Å². The molecule has 0 saturated carbocycles. The number of hydrogen-bond acceptors (Lipinski definition) is 5. The Labute approximate surface area is 201 Å². The number of hydrogen-bond donors (Lipinski definition) is 2. The van der Waals surface area contributed by atoms with E-state index in [0.29, 0.717) is 12.3 Å². The number of aliphatic hydroxyl groups is 1. The van der Waals surface area contributed by atoms with Gasteiger partial charge in [0.25, 0.3) is 0 Å². The number of likely N-dealkylation sites (tertiary alicyclic amines) is 1.